The molecule has 0 aromatic carbocycles. The number of nitrogens with one attached hydrogen (secondary N) is 1. The monoisotopic (exact) mass is 272 g/mol. The van der Waals surface area contributed by atoms with Crippen molar-refractivity contribution in [3.63, 3.8) is 0 Å². The molecule has 0 spiro atoms. The predicted octanol–water partition coefficient (Wildman–Crippen LogP) is 0.631. The van der Waals surface area contributed by atoms with E-state index < -0.39 is 0 Å². The molecule has 0 radical (unpaired) electrons. The molecule has 0 fully saturated rings. The first kappa shape index (κ1) is 13.9. The Labute approximate surface area is 116 Å². The molecule has 2 aromatic rings. The Kier molecular flexibility index (Phi) is 4.60. The Morgan fingerprint density at radius 3 is 2.95 bits per heavy atom. The van der Waals surface area contributed by atoms with Gasteiger partial charge in [0.15, 0.2) is 0 Å². The first-order valence-electron chi connectivity index (χ1n) is 6.44. The minimum absolute atomic E-state index is 0.104. The van der Waals surface area contributed by atoms with Crippen molar-refractivity contribution in [3.05, 3.63) is 58.5 Å². The number of nitrogens with zero attached hydrogens (tertiary/aromatic N) is 3. The largest absolute Gasteiger partial charge is 0.350 e. The standard InChI is InChI=1S/C14H16N4O2/c1-2-12-8-13(19)18(10-17-12)7-6-16-14(20)11-4-3-5-15-9-11/h3-5,8-10H,2,6-7H2,1H3,(H,16,20). The van der Waals surface area contributed by atoms with Crippen LogP contribution in [0.4, 0.5) is 0 Å². The highest BCUT2D eigenvalue weighted by atomic mass is 16.1. The first-order chi connectivity index (χ1) is 9.70. The van der Waals surface area contributed by atoms with Crippen molar-refractivity contribution < 1.29 is 4.79 Å². The van der Waals surface area contributed by atoms with Crippen LogP contribution in [0.2, 0.25) is 0 Å². The number of aromatic nitrogens is 3. The third kappa shape index (κ3) is 3.50. The lowest BCUT2D eigenvalue weighted by molar-refractivity contribution is 0.0952. The molecule has 0 aliphatic rings. The third-order valence-corrected chi connectivity index (χ3v) is 2.86. The zero-order valence-electron chi connectivity index (χ0n) is 11.2. The molecule has 0 atom stereocenters. The fourth-order valence-electron chi connectivity index (χ4n) is 1.71. The second-order valence-electron chi connectivity index (χ2n) is 4.26. The number of aryl methyl sites for hydroxylation is 1. The Morgan fingerprint density at radius 2 is 2.30 bits per heavy atom. The van der Waals surface area contributed by atoms with Gasteiger partial charge in [-0.2, -0.15) is 0 Å². The van der Waals surface area contributed by atoms with Gasteiger partial charge in [-0.15, -0.1) is 0 Å². The number of hydrogen-bond donors (Lipinski definition) is 1. The van der Waals surface area contributed by atoms with Crippen molar-refractivity contribution in [2.75, 3.05) is 6.54 Å². The van der Waals surface area contributed by atoms with E-state index in [2.05, 4.69) is 15.3 Å². The molecule has 104 valence electrons. The molecule has 1 N–H and O–H groups in total. The van der Waals surface area contributed by atoms with Gasteiger partial charge >= 0.3 is 0 Å². The number of rotatable bonds is 5. The molecule has 0 aliphatic carbocycles. The van der Waals surface area contributed by atoms with Gasteiger partial charge in [-0.3, -0.25) is 19.1 Å². The second kappa shape index (κ2) is 6.60. The molecule has 0 bridgehead atoms. The van der Waals surface area contributed by atoms with Crippen LogP contribution in [0.15, 0.2) is 41.7 Å². The van der Waals surface area contributed by atoms with Crippen LogP contribution in [0.5, 0.6) is 0 Å². The summed E-state index contributed by atoms with van der Waals surface area (Å²) in [6.45, 7) is 2.70. The molecule has 1 amide bonds. The SMILES string of the molecule is CCc1cc(=O)n(CCNC(=O)c2cccnc2)cn1. The van der Waals surface area contributed by atoms with Crippen molar-refractivity contribution in [1.29, 1.82) is 0 Å². The highest BCUT2D eigenvalue weighted by molar-refractivity contribution is 5.93. The Morgan fingerprint density at radius 1 is 1.45 bits per heavy atom. The van der Waals surface area contributed by atoms with Gasteiger partial charge in [0.05, 0.1) is 11.9 Å². The number of amides is 1. The van der Waals surface area contributed by atoms with Crippen molar-refractivity contribution in [2.45, 2.75) is 19.9 Å². The van der Waals surface area contributed by atoms with E-state index >= 15 is 0 Å². The van der Waals surface area contributed by atoms with E-state index in [0.29, 0.717) is 18.7 Å². The van der Waals surface area contributed by atoms with E-state index in [9.17, 15) is 9.59 Å². The molecule has 20 heavy (non-hydrogen) atoms. The summed E-state index contributed by atoms with van der Waals surface area (Å²) in [7, 11) is 0. The zero-order chi connectivity index (χ0) is 14.4. The topological polar surface area (TPSA) is 76.9 Å². The van der Waals surface area contributed by atoms with Gasteiger partial charge in [-0.05, 0) is 18.6 Å². The van der Waals surface area contributed by atoms with Gasteiger partial charge in [0, 0.05) is 37.2 Å². The summed E-state index contributed by atoms with van der Waals surface area (Å²) in [5.41, 5.74) is 1.16. The smallest absolute Gasteiger partial charge is 0.253 e. The van der Waals surface area contributed by atoms with E-state index in [1.54, 1.807) is 18.3 Å². The highest BCUT2D eigenvalue weighted by Gasteiger charge is 2.04. The Bertz CT molecular complexity index is 637. The van der Waals surface area contributed by atoms with Gasteiger partial charge < -0.3 is 5.32 Å². The minimum atomic E-state index is -0.204. The fraction of sp³-hybridized carbons (Fsp3) is 0.286. The van der Waals surface area contributed by atoms with Gasteiger partial charge in [0.2, 0.25) is 0 Å². The molecule has 2 rings (SSSR count). The summed E-state index contributed by atoms with van der Waals surface area (Å²) in [6.07, 6.45) is 5.35. The highest BCUT2D eigenvalue weighted by Crippen LogP contribution is 1.94. The van der Waals surface area contributed by atoms with Gasteiger partial charge in [-0.25, -0.2) is 4.98 Å². The number of carbonyl (C=O) groups is 1. The van der Waals surface area contributed by atoms with Crippen LogP contribution in [0.25, 0.3) is 0 Å². The van der Waals surface area contributed by atoms with Crippen LogP contribution in [-0.2, 0) is 13.0 Å². The van der Waals surface area contributed by atoms with Crippen LogP contribution in [0.3, 0.4) is 0 Å². The number of hydrogen-bond acceptors (Lipinski definition) is 4. The summed E-state index contributed by atoms with van der Waals surface area (Å²) >= 11 is 0. The van der Waals surface area contributed by atoms with Gasteiger partial charge in [-0.1, -0.05) is 6.92 Å². The summed E-state index contributed by atoms with van der Waals surface area (Å²) < 4.78 is 1.47. The first-order valence-corrected chi connectivity index (χ1v) is 6.44. The molecule has 0 unspecified atom stereocenters. The van der Waals surface area contributed by atoms with Crippen LogP contribution < -0.4 is 10.9 Å². The van der Waals surface area contributed by atoms with E-state index in [1.807, 2.05) is 6.92 Å². The fourth-order valence-corrected chi connectivity index (χ4v) is 1.71. The molecule has 0 saturated heterocycles. The summed E-state index contributed by atoms with van der Waals surface area (Å²) in [5, 5.41) is 2.74. The van der Waals surface area contributed by atoms with Crippen molar-refractivity contribution in [3.8, 4) is 0 Å². The summed E-state index contributed by atoms with van der Waals surface area (Å²) in [6, 6.07) is 4.90. The molecule has 2 aromatic heterocycles. The van der Waals surface area contributed by atoms with Crippen molar-refractivity contribution in [2.24, 2.45) is 0 Å². The van der Waals surface area contributed by atoms with Crippen LogP contribution in [0.1, 0.15) is 23.0 Å². The van der Waals surface area contributed by atoms with Gasteiger partial charge in [0.25, 0.3) is 11.5 Å². The summed E-state index contributed by atoms with van der Waals surface area (Å²) in [5.74, 6) is -0.204. The van der Waals surface area contributed by atoms with Crippen LogP contribution >= 0.6 is 0 Å². The van der Waals surface area contributed by atoms with Crippen LogP contribution in [0, 0.1) is 0 Å². The lowest BCUT2D eigenvalue weighted by atomic mass is 10.3. The maximum atomic E-state index is 11.8. The maximum Gasteiger partial charge on any atom is 0.253 e. The number of pyridine rings is 1. The quantitative estimate of drug-likeness (QED) is 0.866. The molecule has 0 aliphatic heterocycles. The number of carbonyl (C=O) groups excluding carboxylic acids is 1. The lowest BCUT2D eigenvalue weighted by Gasteiger charge is -2.07. The summed E-state index contributed by atoms with van der Waals surface area (Å²) in [4.78, 5) is 31.5. The van der Waals surface area contributed by atoms with Gasteiger partial charge in [0.1, 0.15) is 0 Å². The second-order valence-corrected chi connectivity index (χ2v) is 4.26. The van der Waals surface area contributed by atoms with Crippen LogP contribution in [-0.4, -0.2) is 27.0 Å². The molecular weight excluding hydrogens is 256 g/mol. The molecule has 0 saturated carbocycles. The predicted molar refractivity (Wildman–Crippen MR) is 74.4 cm³/mol. The molecule has 6 heteroatoms. The average Bonchev–Trinajstić information content (AvgIpc) is 2.49. The van der Waals surface area contributed by atoms with E-state index in [0.717, 1.165) is 12.1 Å². The maximum absolute atomic E-state index is 11.8. The molecule has 6 nitrogen and oxygen atoms in total. The van der Waals surface area contributed by atoms with E-state index in [4.69, 9.17) is 0 Å². The molecule has 2 heterocycles. The van der Waals surface area contributed by atoms with E-state index in [1.165, 1.54) is 23.2 Å². The third-order valence-electron chi connectivity index (χ3n) is 2.86. The normalized spacial score (nSPS) is 10.2. The Hall–Kier alpha value is -2.50. The zero-order valence-corrected chi connectivity index (χ0v) is 11.2. The Balaban J connectivity index is 1.90. The average molecular weight is 272 g/mol. The minimum Gasteiger partial charge on any atom is -0.350 e. The lowest BCUT2D eigenvalue weighted by Crippen LogP contribution is -2.31. The molecular formula is C14H16N4O2. The van der Waals surface area contributed by atoms with Crippen molar-refractivity contribution in [1.82, 2.24) is 19.9 Å². The van der Waals surface area contributed by atoms with E-state index in [-0.39, 0.29) is 11.5 Å². The van der Waals surface area contributed by atoms with Crippen molar-refractivity contribution >= 4 is 5.91 Å².